The maximum atomic E-state index is 2.38. The fraction of sp³-hybridized carbons (Fsp3) is 0.478. The van der Waals surface area contributed by atoms with E-state index in [1.807, 2.05) is 0 Å². The van der Waals surface area contributed by atoms with Crippen LogP contribution in [0.4, 0.5) is 0 Å². The van der Waals surface area contributed by atoms with Crippen molar-refractivity contribution in [3.05, 3.63) is 70.3 Å². The molecule has 0 unspecified atom stereocenters. The largest absolute Gasteiger partial charge is 0.0651 e. The van der Waals surface area contributed by atoms with Gasteiger partial charge in [0.15, 0.2) is 0 Å². The van der Waals surface area contributed by atoms with E-state index in [4.69, 9.17) is 0 Å². The van der Waals surface area contributed by atoms with E-state index in [9.17, 15) is 0 Å². The third kappa shape index (κ3) is 3.86. The molecule has 0 atom stereocenters. The first-order valence-corrected chi connectivity index (χ1v) is 9.33. The second-order valence-corrected chi connectivity index (χ2v) is 7.40. The molecule has 0 bridgehead atoms. The number of hydrogen-bond donors (Lipinski definition) is 0. The minimum absolute atomic E-state index is 0.770. The molecule has 0 aliphatic heterocycles. The summed E-state index contributed by atoms with van der Waals surface area (Å²) in [7, 11) is 0. The fourth-order valence-electron chi connectivity index (χ4n) is 4.27. The van der Waals surface area contributed by atoms with Crippen molar-refractivity contribution in [1.29, 1.82) is 0 Å². The van der Waals surface area contributed by atoms with Gasteiger partial charge in [0, 0.05) is 0 Å². The first-order valence-electron chi connectivity index (χ1n) is 9.33. The van der Waals surface area contributed by atoms with Crippen molar-refractivity contribution in [3.63, 3.8) is 0 Å². The Kier molecular flexibility index (Phi) is 5.20. The lowest BCUT2D eigenvalue weighted by Gasteiger charge is -2.30. The van der Waals surface area contributed by atoms with E-state index in [1.165, 1.54) is 55.2 Å². The molecule has 2 aromatic carbocycles. The average Bonchev–Trinajstić information content (AvgIpc) is 2.56. The van der Waals surface area contributed by atoms with Crippen molar-refractivity contribution in [2.45, 2.75) is 71.1 Å². The lowest BCUT2D eigenvalue weighted by Crippen LogP contribution is -2.13. The van der Waals surface area contributed by atoms with Crippen LogP contribution in [0.2, 0.25) is 0 Å². The van der Waals surface area contributed by atoms with Gasteiger partial charge in [-0.05, 0) is 80.0 Å². The monoisotopic (exact) mass is 306 g/mol. The Morgan fingerprint density at radius 2 is 1.48 bits per heavy atom. The van der Waals surface area contributed by atoms with Gasteiger partial charge in [0.05, 0.1) is 0 Å². The molecule has 1 fully saturated rings. The summed E-state index contributed by atoms with van der Waals surface area (Å²) in [5.41, 5.74) is 7.50. The van der Waals surface area contributed by atoms with E-state index < -0.39 is 0 Å². The molecule has 0 saturated heterocycles. The highest BCUT2D eigenvalue weighted by molar-refractivity contribution is 5.34. The van der Waals surface area contributed by atoms with E-state index in [0.717, 1.165) is 11.8 Å². The molecule has 0 N–H and O–H groups in total. The highest BCUT2D eigenvalue weighted by Gasteiger charge is 2.24. The molecule has 1 saturated carbocycles. The summed E-state index contributed by atoms with van der Waals surface area (Å²) >= 11 is 0. The first kappa shape index (κ1) is 16.3. The summed E-state index contributed by atoms with van der Waals surface area (Å²) in [6.45, 7) is 6.72. The van der Waals surface area contributed by atoms with Gasteiger partial charge in [-0.25, -0.2) is 0 Å². The predicted octanol–water partition coefficient (Wildman–Crippen LogP) is 6.70. The zero-order chi connectivity index (χ0) is 16.2. The highest BCUT2D eigenvalue weighted by atomic mass is 14.3. The van der Waals surface area contributed by atoms with Crippen LogP contribution in [0.25, 0.3) is 0 Å². The lowest BCUT2D eigenvalue weighted by atomic mass is 9.75. The van der Waals surface area contributed by atoms with Crippen molar-refractivity contribution < 1.29 is 0 Å². The zero-order valence-corrected chi connectivity index (χ0v) is 14.9. The quantitative estimate of drug-likeness (QED) is 0.589. The summed E-state index contributed by atoms with van der Waals surface area (Å²) in [5, 5.41) is 0. The van der Waals surface area contributed by atoms with Crippen molar-refractivity contribution in [2.24, 2.45) is 0 Å². The van der Waals surface area contributed by atoms with E-state index in [-0.39, 0.29) is 0 Å². The molecular weight excluding hydrogens is 276 g/mol. The van der Waals surface area contributed by atoms with Gasteiger partial charge in [-0.3, -0.25) is 0 Å². The molecule has 3 rings (SSSR count). The molecular formula is C23H30. The Morgan fingerprint density at radius 1 is 0.826 bits per heavy atom. The van der Waals surface area contributed by atoms with E-state index in [1.54, 1.807) is 11.1 Å². The van der Waals surface area contributed by atoms with Crippen LogP contribution in [0, 0.1) is 13.8 Å². The normalized spacial score (nSPS) is 21.3. The Hall–Kier alpha value is -1.56. The fourth-order valence-corrected chi connectivity index (χ4v) is 4.27. The third-order valence-corrected chi connectivity index (χ3v) is 5.58. The summed E-state index contributed by atoms with van der Waals surface area (Å²) < 4.78 is 0. The van der Waals surface area contributed by atoms with Crippen LogP contribution in [0.3, 0.4) is 0 Å². The van der Waals surface area contributed by atoms with Gasteiger partial charge >= 0.3 is 0 Å². The number of rotatable bonds is 4. The van der Waals surface area contributed by atoms with E-state index in [2.05, 4.69) is 63.2 Å². The molecule has 0 amide bonds. The molecule has 0 heteroatoms. The Bertz CT molecular complexity index is 628. The molecule has 122 valence electrons. The summed E-state index contributed by atoms with van der Waals surface area (Å²) in [4.78, 5) is 0. The zero-order valence-electron chi connectivity index (χ0n) is 14.9. The topological polar surface area (TPSA) is 0 Å². The van der Waals surface area contributed by atoms with Gasteiger partial charge < -0.3 is 0 Å². The van der Waals surface area contributed by atoms with Crippen molar-refractivity contribution in [3.8, 4) is 0 Å². The SMILES string of the molecule is CCCc1ccc(C2CCC(c3ccc(C)cc3C)CC2)cc1. The van der Waals surface area contributed by atoms with Crippen LogP contribution < -0.4 is 0 Å². The molecule has 0 radical (unpaired) electrons. The number of benzene rings is 2. The summed E-state index contributed by atoms with van der Waals surface area (Å²) in [6, 6.07) is 16.4. The Labute approximate surface area is 141 Å². The molecule has 1 aliphatic carbocycles. The van der Waals surface area contributed by atoms with Crippen molar-refractivity contribution in [2.75, 3.05) is 0 Å². The van der Waals surface area contributed by atoms with Crippen molar-refractivity contribution in [1.82, 2.24) is 0 Å². The maximum absolute atomic E-state index is 2.38. The standard InChI is InChI=1S/C23H30/c1-4-5-19-7-9-20(10-8-19)21-11-13-22(14-12-21)23-15-6-17(2)16-18(23)3/h6-10,15-16,21-22H,4-5,11-14H2,1-3H3. The van der Waals surface area contributed by atoms with Gasteiger partial charge in [0.25, 0.3) is 0 Å². The van der Waals surface area contributed by atoms with Crippen LogP contribution in [-0.4, -0.2) is 0 Å². The average molecular weight is 306 g/mol. The van der Waals surface area contributed by atoms with Crippen molar-refractivity contribution >= 4 is 0 Å². The second-order valence-electron chi connectivity index (χ2n) is 7.40. The maximum Gasteiger partial charge on any atom is -0.0159 e. The van der Waals surface area contributed by atoms with E-state index in [0.29, 0.717) is 0 Å². The molecule has 2 aromatic rings. The second kappa shape index (κ2) is 7.34. The molecule has 1 aliphatic rings. The van der Waals surface area contributed by atoms with Crippen LogP contribution in [0.1, 0.15) is 78.7 Å². The van der Waals surface area contributed by atoms with Crippen LogP contribution in [0.15, 0.2) is 42.5 Å². The summed E-state index contributed by atoms with van der Waals surface area (Å²) in [5.74, 6) is 1.54. The minimum Gasteiger partial charge on any atom is -0.0651 e. The highest BCUT2D eigenvalue weighted by Crippen LogP contribution is 2.41. The molecule has 0 spiro atoms. The molecule has 0 nitrogen and oxygen atoms in total. The van der Waals surface area contributed by atoms with Gasteiger partial charge in [-0.2, -0.15) is 0 Å². The van der Waals surface area contributed by atoms with Gasteiger partial charge in [-0.1, -0.05) is 61.4 Å². The predicted molar refractivity (Wildman–Crippen MR) is 100 cm³/mol. The summed E-state index contributed by atoms with van der Waals surface area (Å²) in [6.07, 6.45) is 7.80. The molecule has 23 heavy (non-hydrogen) atoms. The Morgan fingerprint density at radius 3 is 2.09 bits per heavy atom. The van der Waals surface area contributed by atoms with Gasteiger partial charge in [0.2, 0.25) is 0 Å². The number of hydrogen-bond acceptors (Lipinski definition) is 0. The van der Waals surface area contributed by atoms with E-state index >= 15 is 0 Å². The third-order valence-electron chi connectivity index (χ3n) is 5.58. The van der Waals surface area contributed by atoms with Crippen LogP contribution >= 0.6 is 0 Å². The van der Waals surface area contributed by atoms with Crippen LogP contribution in [0.5, 0.6) is 0 Å². The Balaban J connectivity index is 1.63. The lowest BCUT2D eigenvalue weighted by molar-refractivity contribution is 0.395. The first-order chi connectivity index (χ1) is 11.2. The molecule has 0 aromatic heterocycles. The van der Waals surface area contributed by atoms with Gasteiger partial charge in [-0.15, -0.1) is 0 Å². The number of aryl methyl sites for hydroxylation is 3. The van der Waals surface area contributed by atoms with Crippen LogP contribution in [-0.2, 0) is 6.42 Å². The molecule has 0 heterocycles. The minimum atomic E-state index is 0.770. The smallest absolute Gasteiger partial charge is 0.0159 e. The van der Waals surface area contributed by atoms with Gasteiger partial charge in [0.1, 0.15) is 0 Å².